The molecule has 0 bridgehead atoms. The number of hydrogen-bond acceptors (Lipinski definition) is 3. The second-order valence-corrected chi connectivity index (χ2v) is 4.05. The third-order valence-corrected chi connectivity index (χ3v) is 2.58. The van der Waals surface area contributed by atoms with Crippen molar-refractivity contribution in [3.63, 3.8) is 0 Å². The molecule has 0 radical (unpaired) electrons. The molecule has 1 aliphatic carbocycles. The van der Waals surface area contributed by atoms with E-state index in [2.05, 4.69) is 5.32 Å². The lowest BCUT2D eigenvalue weighted by Crippen LogP contribution is -2.60. The Labute approximate surface area is 83.2 Å². The van der Waals surface area contributed by atoms with Gasteiger partial charge in [0.15, 0.2) is 0 Å². The normalized spacial score (nSPS) is 20.7. The van der Waals surface area contributed by atoms with E-state index in [1.807, 2.05) is 0 Å². The number of hydrogen-bond donors (Lipinski definition) is 3. The third kappa shape index (κ3) is 2.45. The number of nitrogens with two attached hydrogens (primary N) is 2. The van der Waals surface area contributed by atoms with Crippen LogP contribution in [-0.2, 0) is 9.59 Å². The fraction of sp³-hybridized carbons (Fsp3) is 0.778. The Hall–Kier alpha value is -1.10. The second kappa shape index (κ2) is 3.96. The highest BCUT2D eigenvalue weighted by atomic mass is 16.2. The van der Waals surface area contributed by atoms with Crippen LogP contribution in [0.2, 0.25) is 0 Å². The van der Waals surface area contributed by atoms with Crippen molar-refractivity contribution in [2.24, 2.45) is 11.5 Å². The zero-order valence-corrected chi connectivity index (χ0v) is 8.38. The summed E-state index contributed by atoms with van der Waals surface area (Å²) in [6.45, 7) is 1.74. The zero-order valence-electron chi connectivity index (χ0n) is 8.38. The smallest absolute Gasteiger partial charge is 0.240 e. The van der Waals surface area contributed by atoms with E-state index in [9.17, 15) is 9.59 Å². The lowest BCUT2D eigenvalue weighted by atomic mass is 9.77. The van der Waals surface area contributed by atoms with Crippen LogP contribution in [0.1, 0.15) is 32.6 Å². The van der Waals surface area contributed by atoms with Crippen molar-refractivity contribution in [1.29, 1.82) is 0 Å². The Kier molecular flexibility index (Phi) is 3.10. The predicted molar refractivity (Wildman–Crippen MR) is 52.2 cm³/mol. The van der Waals surface area contributed by atoms with Crippen LogP contribution in [-0.4, -0.2) is 23.4 Å². The first-order valence-electron chi connectivity index (χ1n) is 4.82. The SMILES string of the molecule is CC(CC(N)=O)NC(=O)C1(N)CCC1. The van der Waals surface area contributed by atoms with Gasteiger partial charge in [-0.1, -0.05) is 0 Å². The van der Waals surface area contributed by atoms with Crippen LogP contribution in [0, 0.1) is 0 Å². The van der Waals surface area contributed by atoms with Crippen molar-refractivity contribution < 1.29 is 9.59 Å². The largest absolute Gasteiger partial charge is 0.370 e. The molecule has 5 N–H and O–H groups in total. The van der Waals surface area contributed by atoms with Gasteiger partial charge in [-0.3, -0.25) is 9.59 Å². The maximum atomic E-state index is 11.6. The first kappa shape index (κ1) is 11.0. The summed E-state index contributed by atoms with van der Waals surface area (Å²) in [5.41, 5.74) is 10.1. The molecule has 1 fully saturated rings. The molecular weight excluding hydrogens is 182 g/mol. The number of nitrogens with one attached hydrogen (secondary N) is 1. The summed E-state index contributed by atoms with van der Waals surface area (Å²) in [6, 6.07) is -0.235. The molecule has 1 saturated carbocycles. The average molecular weight is 199 g/mol. The summed E-state index contributed by atoms with van der Waals surface area (Å²) < 4.78 is 0. The Morgan fingerprint density at radius 3 is 2.43 bits per heavy atom. The van der Waals surface area contributed by atoms with Crippen molar-refractivity contribution in [3.05, 3.63) is 0 Å². The molecule has 80 valence electrons. The Bertz CT molecular complexity index is 248. The summed E-state index contributed by atoms with van der Waals surface area (Å²) in [5, 5.41) is 2.69. The van der Waals surface area contributed by atoms with E-state index in [4.69, 9.17) is 11.5 Å². The van der Waals surface area contributed by atoms with Gasteiger partial charge < -0.3 is 16.8 Å². The standard InChI is InChI=1S/C9H17N3O2/c1-6(5-7(10)13)12-8(14)9(11)3-2-4-9/h6H,2-5,11H2,1H3,(H2,10,13)(H,12,14). The van der Waals surface area contributed by atoms with E-state index in [1.165, 1.54) is 0 Å². The van der Waals surface area contributed by atoms with E-state index in [0.717, 1.165) is 19.3 Å². The minimum Gasteiger partial charge on any atom is -0.370 e. The van der Waals surface area contributed by atoms with Gasteiger partial charge in [0.05, 0.1) is 5.54 Å². The molecule has 0 aromatic rings. The fourth-order valence-electron chi connectivity index (χ4n) is 1.51. The van der Waals surface area contributed by atoms with Crippen molar-refractivity contribution in [2.45, 2.75) is 44.2 Å². The Balaban J connectivity index is 2.36. The van der Waals surface area contributed by atoms with Crippen LogP contribution >= 0.6 is 0 Å². The topological polar surface area (TPSA) is 98.2 Å². The molecule has 0 spiro atoms. The zero-order chi connectivity index (χ0) is 10.8. The van der Waals surface area contributed by atoms with Gasteiger partial charge in [-0.2, -0.15) is 0 Å². The highest BCUT2D eigenvalue weighted by molar-refractivity contribution is 5.87. The van der Waals surface area contributed by atoms with Gasteiger partial charge >= 0.3 is 0 Å². The third-order valence-electron chi connectivity index (χ3n) is 2.58. The highest BCUT2D eigenvalue weighted by Crippen LogP contribution is 2.29. The van der Waals surface area contributed by atoms with E-state index >= 15 is 0 Å². The predicted octanol–water partition coefficient (Wildman–Crippen LogP) is -0.752. The van der Waals surface area contributed by atoms with Gasteiger partial charge in [0, 0.05) is 12.5 Å². The maximum absolute atomic E-state index is 11.6. The van der Waals surface area contributed by atoms with Gasteiger partial charge in [-0.15, -0.1) is 0 Å². The number of primary amides is 1. The van der Waals surface area contributed by atoms with Gasteiger partial charge in [0.25, 0.3) is 0 Å². The van der Waals surface area contributed by atoms with E-state index < -0.39 is 11.4 Å². The number of rotatable bonds is 4. The quantitative estimate of drug-likeness (QED) is 0.555. The summed E-state index contributed by atoms with van der Waals surface area (Å²) in [7, 11) is 0. The molecule has 1 aliphatic rings. The van der Waals surface area contributed by atoms with Gasteiger partial charge in [-0.05, 0) is 26.2 Å². The molecule has 0 saturated heterocycles. The molecule has 0 aromatic heterocycles. The molecule has 2 amide bonds. The van der Waals surface area contributed by atoms with Gasteiger partial charge in [0.1, 0.15) is 0 Å². The first-order chi connectivity index (χ1) is 6.44. The van der Waals surface area contributed by atoms with E-state index in [0.29, 0.717) is 0 Å². The van der Waals surface area contributed by atoms with E-state index in [-0.39, 0.29) is 18.4 Å². The molecule has 1 unspecified atom stereocenters. The molecule has 0 aromatic carbocycles. The summed E-state index contributed by atoms with van der Waals surface area (Å²) in [5.74, 6) is -0.588. The van der Waals surface area contributed by atoms with Crippen LogP contribution in [0.25, 0.3) is 0 Å². The summed E-state index contributed by atoms with van der Waals surface area (Å²) in [6.07, 6.45) is 2.60. The second-order valence-electron chi connectivity index (χ2n) is 4.05. The maximum Gasteiger partial charge on any atom is 0.240 e. The summed E-state index contributed by atoms with van der Waals surface area (Å²) in [4.78, 5) is 22.1. The van der Waals surface area contributed by atoms with Crippen molar-refractivity contribution >= 4 is 11.8 Å². The molecule has 14 heavy (non-hydrogen) atoms. The summed E-state index contributed by atoms with van der Waals surface area (Å²) >= 11 is 0. The highest BCUT2D eigenvalue weighted by Gasteiger charge is 2.40. The first-order valence-corrected chi connectivity index (χ1v) is 4.82. The number of carbonyl (C=O) groups is 2. The molecular formula is C9H17N3O2. The minimum absolute atomic E-state index is 0.155. The van der Waals surface area contributed by atoms with Gasteiger partial charge in [0.2, 0.25) is 11.8 Å². The average Bonchev–Trinajstić information content (AvgIpc) is 1.97. The number of carbonyl (C=O) groups excluding carboxylic acids is 2. The van der Waals surface area contributed by atoms with Crippen LogP contribution in [0.4, 0.5) is 0 Å². The van der Waals surface area contributed by atoms with E-state index in [1.54, 1.807) is 6.92 Å². The van der Waals surface area contributed by atoms with Crippen molar-refractivity contribution in [2.75, 3.05) is 0 Å². The molecule has 5 nitrogen and oxygen atoms in total. The molecule has 5 heteroatoms. The Morgan fingerprint density at radius 1 is 1.50 bits per heavy atom. The molecule has 0 aliphatic heterocycles. The lowest BCUT2D eigenvalue weighted by Gasteiger charge is -2.37. The number of amides is 2. The molecule has 1 atom stereocenters. The van der Waals surface area contributed by atoms with Crippen LogP contribution in [0.3, 0.4) is 0 Å². The monoisotopic (exact) mass is 199 g/mol. The lowest BCUT2D eigenvalue weighted by molar-refractivity contribution is -0.130. The molecule has 0 heterocycles. The van der Waals surface area contributed by atoms with Crippen molar-refractivity contribution in [1.82, 2.24) is 5.32 Å². The van der Waals surface area contributed by atoms with Crippen LogP contribution in [0.5, 0.6) is 0 Å². The van der Waals surface area contributed by atoms with Crippen LogP contribution < -0.4 is 16.8 Å². The Morgan fingerprint density at radius 2 is 2.07 bits per heavy atom. The fourth-order valence-corrected chi connectivity index (χ4v) is 1.51. The molecule has 1 rings (SSSR count). The minimum atomic E-state index is -0.702. The van der Waals surface area contributed by atoms with Crippen LogP contribution in [0.15, 0.2) is 0 Å². The van der Waals surface area contributed by atoms with Crippen molar-refractivity contribution in [3.8, 4) is 0 Å². The van der Waals surface area contributed by atoms with Gasteiger partial charge in [-0.25, -0.2) is 0 Å².